The molecule has 1 N–H and O–H groups in total. The lowest BCUT2D eigenvalue weighted by atomic mass is 10.1. The number of rotatable bonds is 3. The summed E-state index contributed by atoms with van der Waals surface area (Å²) in [5, 5.41) is 9.87. The van der Waals surface area contributed by atoms with Crippen molar-refractivity contribution < 1.29 is 19.4 Å². The van der Waals surface area contributed by atoms with E-state index in [0.29, 0.717) is 5.56 Å². The van der Waals surface area contributed by atoms with Gasteiger partial charge in [-0.3, -0.25) is 14.5 Å². The third kappa shape index (κ3) is 3.41. The molecule has 1 aromatic rings. The van der Waals surface area contributed by atoms with Crippen LogP contribution in [0.2, 0.25) is 10.0 Å². The summed E-state index contributed by atoms with van der Waals surface area (Å²) in [5.41, 5.74) is 0.757. The molecule has 0 saturated carbocycles. The highest BCUT2D eigenvalue weighted by Crippen LogP contribution is 2.34. The van der Waals surface area contributed by atoms with Crippen LogP contribution in [0.3, 0.4) is 0 Å². The Labute approximate surface area is 147 Å². The number of amides is 1. The third-order valence-electron chi connectivity index (χ3n) is 3.20. The predicted molar refractivity (Wildman–Crippen MR) is 90.2 cm³/mol. The minimum atomic E-state index is -0.578. The summed E-state index contributed by atoms with van der Waals surface area (Å²) in [7, 11) is 2.83. The van der Waals surface area contributed by atoms with Gasteiger partial charge in [0.1, 0.15) is 12.2 Å². The highest BCUT2D eigenvalue weighted by molar-refractivity contribution is 7.80. The van der Waals surface area contributed by atoms with E-state index in [0.717, 1.165) is 4.90 Å². The monoisotopic (exact) mass is 374 g/mol. The Morgan fingerprint density at radius 1 is 1.39 bits per heavy atom. The van der Waals surface area contributed by atoms with Crippen LogP contribution in [0, 0.1) is 0 Å². The van der Waals surface area contributed by atoms with Crippen LogP contribution in [-0.4, -0.2) is 52.6 Å². The molecular weight excluding hydrogens is 363 g/mol. The quantitative estimate of drug-likeness (QED) is 0.497. The molecule has 2 rings (SSSR count). The highest BCUT2D eigenvalue weighted by atomic mass is 35.5. The van der Waals surface area contributed by atoms with Crippen LogP contribution in [0.25, 0.3) is 6.08 Å². The zero-order valence-electron chi connectivity index (χ0n) is 12.2. The largest absolute Gasteiger partial charge is 0.505 e. The molecule has 1 fully saturated rings. The van der Waals surface area contributed by atoms with E-state index in [4.69, 9.17) is 35.4 Å². The number of aromatic hydroxyl groups is 1. The number of halogens is 2. The molecule has 23 heavy (non-hydrogen) atoms. The first-order valence-electron chi connectivity index (χ1n) is 6.32. The zero-order chi connectivity index (χ0) is 17.3. The van der Waals surface area contributed by atoms with Crippen LogP contribution in [0.1, 0.15) is 5.56 Å². The van der Waals surface area contributed by atoms with Crippen molar-refractivity contribution in [3.63, 3.8) is 0 Å². The summed E-state index contributed by atoms with van der Waals surface area (Å²) in [4.78, 5) is 26.4. The number of ether oxygens (including phenoxy) is 1. The number of carbonyl (C=O) groups excluding carboxylic acids is 2. The summed E-state index contributed by atoms with van der Waals surface area (Å²) >= 11 is 16.9. The van der Waals surface area contributed by atoms with Gasteiger partial charge in [-0.25, -0.2) is 0 Å². The number of esters is 1. The standard InChI is InChI=1S/C14H12Cl2N2O4S/c1-17-10(5-7-3-8(15)12(20)9(16)4-7)13(21)18(14(17)23)6-11(19)22-2/h3-5,20H,6H2,1-2H3/b10-5-. The minimum Gasteiger partial charge on any atom is -0.505 e. The first kappa shape index (κ1) is 17.5. The van der Waals surface area contributed by atoms with Crippen molar-refractivity contribution in [1.82, 2.24) is 9.80 Å². The Morgan fingerprint density at radius 3 is 2.48 bits per heavy atom. The lowest BCUT2D eigenvalue weighted by molar-refractivity contribution is -0.143. The van der Waals surface area contributed by atoms with Gasteiger partial charge in [-0.05, 0) is 36.0 Å². The van der Waals surface area contributed by atoms with Gasteiger partial charge in [-0.2, -0.15) is 0 Å². The number of likely N-dealkylation sites (N-methyl/N-ethyl adjacent to an activating group) is 1. The Bertz CT molecular complexity index is 712. The van der Waals surface area contributed by atoms with E-state index < -0.39 is 11.9 Å². The molecule has 0 bridgehead atoms. The maximum atomic E-state index is 12.4. The number of phenolic OH excluding ortho intramolecular Hbond substituents is 1. The van der Waals surface area contributed by atoms with Crippen molar-refractivity contribution in [3.8, 4) is 5.75 Å². The number of benzene rings is 1. The molecule has 9 heteroatoms. The van der Waals surface area contributed by atoms with Crippen molar-refractivity contribution in [2.24, 2.45) is 0 Å². The summed E-state index contributed by atoms with van der Waals surface area (Å²) in [5.74, 6) is -1.25. The van der Waals surface area contributed by atoms with Gasteiger partial charge in [-0.1, -0.05) is 23.2 Å². The molecule has 122 valence electrons. The van der Waals surface area contributed by atoms with E-state index in [9.17, 15) is 14.7 Å². The second-order valence-electron chi connectivity index (χ2n) is 4.67. The molecule has 1 aliphatic heterocycles. The summed E-state index contributed by atoms with van der Waals surface area (Å²) in [6.45, 7) is -0.271. The number of nitrogens with zero attached hydrogens (tertiary/aromatic N) is 2. The molecule has 0 spiro atoms. The zero-order valence-corrected chi connectivity index (χ0v) is 14.5. The van der Waals surface area contributed by atoms with Crippen molar-refractivity contribution in [2.45, 2.75) is 0 Å². The van der Waals surface area contributed by atoms with Crippen LogP contribution < -0.4 is 0 Å². The number of carbonyl (C=O) groups is 2. The van der Waals surface area contributed by atoms with Gasteiger partial charge in [0, 0.05) is 7.05 Å². The maximum absolute atomic E-state index is 12.4. The Morgan fingerprint density at radius 2 is 1.96 bits per heavy atom. The molecule has 0 radical (unpaired) electrons. The van der Waals surface area contributed by atoms with E-state index >= 15 is 0 Å². The van der Waals surface area contributed by atoms with E-state index in [1.165, 1.54) is 30.2 Å². The third-order valence-corrected chi connectivity index (χ3v) is 4.27. The molecule has 1 amide bonds. The average molecular weight is 375 g/mol. The first-order valence-corrected chi connectivity index (χ1v) is 7.48. The predicted octanol–water partition coefficient (Wildman–Crippen LogP) is 2.27. The summed E-state index contributed by atoms with van der Waals surface area (Å²) in [6, 6.07) is 2.92. The summed E-state index contributed by atoms with van der Waals surface area (Å²) < 4.78 is 4.55. The highest BCUT2D eigenvalue weighted by Gasteiger charge is 2.37. The maximum Gasteiger partial charge on any atom is 0.325 e. The average Bonchev–Trinajstić information content (AvgIpc) is 2.70. The summed E-state index contributed by atoms with van der Waals surface area (Å²) in [6.07, 6.45) is 1.52. The molecular formula is C14H12Cl2N2O4S. The van der Waals surface area contributed by atoms with Gasteiger partial charge in [-0.15, -0.1) is 0 Å². The van der Waals surface area contributed by atoms with Crippen LogP contribution in [-0.2, 0) is 14.3 Å². The number of hydrogen-bond donors (Lipinski definition) is 1. The van der Waals surface area contributed by atoms with Gasteiger partial charge in [0.2, 0.25) is 0 Å². The van der Waals surface area contributed by atoms with Crippen LogP contribution in [0.5, 0.6) is 5.75 Å². The molecule has 1 saturated heterocycles. The number of phenols is 1. The number of hydrogen-bond acceptors (Lipinski definition) is 5. The molecule has 0 atom stereocenters. The number of methoxy groups -OCH3 is 1. The SMILES string of the molecule is COC(=O)CN1C(=O)/C(=C/c2cc(Cl)c(O)c(Cl)c2)N(C)C1=S. The van der Waals surface area contributed by atoms with Crippen molar-refractivity contribution >= 4 is 58.5 Å². The molecule has 1 aromatic carbocycles. The second-order valence-corrected chi connectivity index (χ2v) is 5.85. The Hall–Kier alpha value is -1.83. The first-order chi connectivity index (χ1) is 10.8. The molecule has 6 nitrogen and oxygen atoms in total. The van der Waals surface area contributed by atoms with Crippen molar-refractivity contribution in [2.75, 3.05) is 20.7 Å². The molecule has 1 heterocycles. The molecule has 0 aliphatic carbocycles. The fraction of sp³-hybridized carbons (Fsp3) is 0.214. The van der Waals surface area contributed by atoms with Crippen LogP contribution >= 0.6 is 35.4 Å². The minimum absolute atomic E-state index is 0.0615. The molecule has 0 aromatic heterocycles. The van der Waals surface area contributed by atoms with Gasteiger partial charge < -0.3 is 14.7 Å². The van der Waals surface area contributed by atoms with Crippen LogP contribution in [0.4, 0.5) is 0 Å². The smallest absolute Gasteiger partial charge is 0.325 e. The van der Waals surface area contributed by atoms with Crippen molar-refractivity contribution in [1.29, 1.82) is 0 Å². The van der Waals surface area contributed by atoms with E-state index in [1.807, 2.05) is 0 Å². The Kier molecular flexibility index (Phi) is 5.13. The molecule has 0 unspecified atom stereocenters. The fourth-order valence-electron chi connectivity index (χ4n) is 1.97. The van der Waals surface area contributed by atoms with Gasteiger partial charge in [0.25, 0.3) is 5.91 Å². The van der Waals surface area contributed by atoms with Crippen molar-refractivity contribution in [3.05, 3.63) is 33.4 Å². The second kappa shape index (κ2) is 6.74. The van der Waals surface area contributed by atoms with Gasteiger partial charge in [0.05, 0.1) is 17.2 Å². The number of thiocarbonyl (C=S) groups is 1. The van der Waals surface area contributed by atoms with E-state index in [-0.39, 0.29) is 33.1 Å². The lowest BCUT2D eigenvalue weighted by Gasteiger charge is -2.14. The van der Waals surface area contributed by atoms with Gasteiger partial charge >= 0.3 is 5.97 Å². The normalized spacial score (nSPS) is 16.4. The van der Waals surface area contributed by atoms with Gasteiger partial charge in [0.15, 0.2) is 10.9 Å². The molecule has 1 aliphatic rings. The van der Waals surface area contributed by atoms with E-state index in [1.54, 1.807) is 7.05 Å². The van der Waals surface area contributed by atoms with E-state index in [2.05, 4.69) is 4.74 Å². The Balaban J connectivity index is 2.38. The lowest BCUT2D eigenvalue weighted by Crippen LogP contribution is -2.36. The fourth-order valence-corrected chi connectivity index (χ4v) is 2.72. The topological polar surface area (TPSA) is 70.1 Å². The van der Waals surface area contributed by atoms with Crippen LogP contribution in [0.15, 0.2) is 17.8 Å².